The molecule has 0 aliphatic carbocycles. The first kappa shape index (κ1) is 20.2. The van der Waals surface area contributed by atoms with Gasteiger partial charge >= 0.3 is 0 Å². The van der Waals surface area contributed by atoms with Gasteiger partial charge in [0.1, 0.15) is 5.82 Å². The minimum Gasteiger partial charge on any atom is -0.351 e. The van der Waals surface area contributed by atoms with Crippen molar-refractivity contribution in [3.63, 3.8) is 0 Å². The summed E-state index contributed by atoms with van der Waals surface area (Å²) in [5, 5.41) is 8.13. The van der Waals surface area contributed by atoms with Crippen LogP contribution in [0.1, 0.15) is 43.3 Å². The molecule has 0 saturated heterocycles. The van der Waals surface area contributed by atoms with Gasteiger partial charge in [-0.3, -0.25) is 0 Å². The van der Waals surface area contributed by atoms with Gasteiger partial charge < -0.3 is 14.7 Å². The Morgan fingerprint density at radius 3 is 2.63 bits per heavy atom. The average molecular weight is 423 g/mol. The average Bonchev–Trinajstić information content (AvgIpc) is 3.21. The minimum absolute atomic E-state index is 0.306. The first-order chi connectivity index (χ1) is 14.5. The molecule has 0 amide bonds. The third-order valence-corrected chi connectivity index (χ3v) is 5.53. The monoisotopic (exact) mass is 422 g/mol. The zero-order chi connectivity index (χ0) is 21.3. The number of halogens is 1. The Bertz CT molecular complexity index is 1110. The topological polar surface area (TPSA) is 54.2 Å². The summed E-state index contributed by atoms with van der Waals surface area (Å²) in [6.07, 6.45) is 0.926. The van der Waals surface area contributed by atoms with Crippen molar-refractivity contribution >= 4 is 22.9 Å². The molecule has 2 aromatic carbocycles. The van der Waals surface area contributed by atoms with E-state index in [0.717, 1.165) is 40.9 Å². The second-order valence-electron chi connectivity index (χ2n) is 7.38. The summed E-state index contributed by atoms with van der Waals surface area (Å²) in [6, 6.07) is 14.0. The molecule has 1 N–H and O–H groups in total. The molecule has 0 bridgehead atoms. The highest BCUT2D eigenvalue weighted by Crippen LogP contribution is 2.37. The second kappa shape index (κ2) is 8.36. The Hall–Kier alpha value is -3.06. The lowest BCUT2D eigenvalue weighted by molar-refractivity contribution is 0.396. The van der Waals surface area contributed by atoms with Crippen molar-refractivity contribution in [3.05, 3.63) is 77.1 Å². The number of thiocarbonyl (C=S) groups is 1. The van der Waals surface area contributed by atoms with E-state index in [1.165, 1.54) is 12.1 Å². The van der Waals surface area contributed by atoms with Gasteiger partial charge in [0, 0.05) is 17.8 Å². The summed E-state index contributed by atoms with van der Waals surface area (Å²) in [6.45, 7) is 6.87. The normalized spacial score (nSPS) is 16.7. The maximum atomic E-state index is 14.0. The van der Waals surface area contributed by atoms with Crippen LogP contribution in [0.15, 0.2) is 58.8 Å². The largest absolute Gasteiger partial charge is 0.351 e. The third-order valence-electron chi connectivity index (χ3n) is 5.19. The number of nitrogens with zero attached hydrogens (tertiary/aromatic N) is 3. The summed E-state index contributed by atoms with van der Waals surface area (Å²) in [7, 11) is 0. The molecule has 3 aromatic rings. The Morgan fingerprint density at radius 2 is 1.93 bits per heavy atom. The number of aromatic nitrogens is 2. The predicted molar refractivity (Wildman–Crippen MR) is 119 cm³/mol. The lowest BCUT2D eigenvalue weighted by Gasteiger charge is -2.37. The van der Waals surface area contributed by atoms with E-state index < -0.39 is 0 Å². The van der Waals surface area contributed by atoms with Gasteiger partial charge in [-0.25, -0.2) is 4.39 Å². The van der Waals surface area contributed by atoms with Gasteiger partial charge in [-0.15, -0.1) is 0 Å². The third kappa shape index (κ3) is 3.85. The van der Waals surface area contributed by atoms with Crippen LogP contribution in [0.25, 0.3) is 17.0 Å². The lowest BCUT2D eigenvalue weighted by atomic mass is 9.94. The van der Waals surface area contributed by atoms with E-state index in [0.29, 0.717) is 16.8 Å². The van der Waals surface area contributed by atoms with E-state index in [-0.39, 0.29) is 11.9 Å². The van der Waals surface area contributed by atoms with E-state index >= 15 is 0 Å². The van der Waals surface area contributed by atoms with Gasteiger partial charge in [0.25, 0.3) is 5.89 Å². The van der Waals surface area contributed by atoms with E-state index in [1.807, 2.05) is 49.1 Å². The molecule has 1 atom stereocenters. The molecule has 1 aliphatic rings. The molecule has 5 nitrogen and oxygen atoms in total. The van der Waals surface area contributed by atoms with Crippen molar-refractivity contribution in [2.45, 2.75) is 33.2 Å². The van der Waals surface area contributed by atoms with Gasteiger partial charge in [-0.05, 0) is 50.2 Å². The maximum Gasteiger partial charge on any atom is 0.258 e. The molecule has 4 rings (SSSR count). The molecule has 0 radical (unpaired) electrons. The van der Waals surface area contributed by atoms with E-state index in [1.54, 1.807) is 6.07 Å². The number of aryl methyl sites for hydroxylation is 1. The molecular weight excluding hydrogens is 399 g/mol. The van der Waals surface area contributed by atoms with Crippen LogP contribution in [0.2, 0.25) is 0 Å². The Kier molecular flexibility index (Phi) is 5.63. The Balaban J connectivity index is 1.81. The van der Waals surface area contributed by atoms with Crippen LogP contribution in [0.3, 0.4) is 0 Å². The molecule has 0 spiro atoms. The first-order valence-electron chi connectivity index (χ1n) is 9.93. The fourth-order valence-electron chi connectivity index (χ4n) is 3.64. The van der Waals surface area contributed by atoms with Gasteiger partial charge in [-0.2, -0.15) is 4.98 Å². The van der Waals surface area contributed by atoms with Crippen LogP contribution >= 0.6 is 12.2 Å². The SMILES string of the molecule is CCCN1C(=S)NC(c2cccc(F)c2)C(c2nc(-c3ccc(C)cc3)no2)=C1C. The standard InChI is InChI=1S/C23H23FN4OS/c1-4-12-28-15(3)19(20(25-23(28)30)17-6-5-7-18(24)13-17)22-26-21(27-29-22)16-10-8-14(2)9-11-16/h5-11,13,20H,4,12H2,1-3H3,(H,25,30). The summed E-state index contributed by atoms with van der Waals surface area (Å²) in [4.78, 5) is 6.69. The van der Waals surface area contributed by atoms with Crippen LogP contribution in [-0.4, -0.2) is 26.7 Å². The lowest BCUT2D eigenvalue weighted by Crippen LogP contribution is -2.46. The van der Waals surface area contributed by atoms with Gasteiger partial charge in [-0.1, -0.05) is 54.0 Å². The minimum atomic E-state index is -0.382. The molecule has 1 unspecified atom stereocenters. The molecule has 0 saturated carbocycles. The fourth-order valence-corrected chi connectivity index (χ4v) is 3.99. The van der Waals surface area contributed by atoms with E-state index in [2.05, 4.69) is 22.4 Å². The number of allylic oxidation sites excluding steroid dienone is 1. The van der Waals surface area contributed by atoms with E-state index in [4.69, 9.17) is 16.7 Å². The molecular formula is C23H23FN4OS. The van der Waals surface area contributed by atoms with Crippen LogP contribution in [0.5, 0.6) is 0 Å². The van der Waals surface area contributed by atoms with Gasteiger partial charge in [0.15, 0.2) is 5.11 Å². The van der Waals surface area contributed by atoms with Gasteiger partial charge in [0.2, 0.25) is 5.82 Å². The van der Waals surface area contributed by atoms with Crippen molar-refractivity contribution in [3.8, 4) is 11.4 Å². The summed E-state index contributed by atoms with van der Waals surface area (Å²) >= 11 is 5.60. The molecule has 154 valence electrons. The van der Waals surface area contributed by atoms with Crippen LogP contribution in [0.4, 0.5) is 4.39 Å². The highest BCUT2D eigenvalue weighted by atomic mass is 32.1. The Morgan fingerprint density at radius 1 is 1.17 bits per heavy atom. The van der Waals surface area contributed by atoms with Crippen LogP contribution < -0.4 is 5.32 Å². The second-order valence-corrected chi connectivity index (χ2v) is 7.76. The maximum absolute atomic E-state index is 14.0. The van der Waals surface area contributed by atoms with Crippen molar-refractivity contribution < 1.29 is 8.91 Å². The highest BCUT2D eigenvalue weighted by molar-refractivity contribution is 7.80. The first-order valence-corrected chi connectivity index (χ1v) is 10.3. The number of nitrogens with one attached hydrogen (secondary N) is 1. The molecule has 1 aliphatic heterocycles. The fraction of sp³-hybridized carbons (Fsp3) is 0.261. The smallest absolute Gasteiger partial charge is 0.258 e. The zero-order valence-electron chi connectivity index (χ0n) is 17.1. The highest BCUT2D eigenvalue weighted by Gasteiger charge is 2.33. The molecule has 30 heavy (non-hydrogen) atoms. The van der Waals surface area contributed by atoms with Gasteiger partial charge in [0.05, 0.1) is 11.6 Å². The molecule has 7 heteroatoms. The summed E-state index contributed by atoms with van der Waals surface area (Å²) in [5.74, 6) is 0.603. The number of rotatable bonds is 5. The zero-order valence-corrected chi connectivity index (χ0v) is 18.0. The van der Waals surface area contributed by atoms with Crippen LogP contribution in [0, 0.1) is 12.7 Å². The number of hydrogen-bond donors (Lipinski definition) is 1. The molecule has 0 fully saturated rings. The quantitative estimate of drug-likeness (QED) is 0.566. The molecule has 1 aromatic heterocycles. The van der Waals surface area contributed by atoms with Crippen molar-refractivity contribution in [1.82, 2.24) is 20.4 Å². The number of hydrogen-bond acceptors (Lipinski definition) is 4. The summed E-state index contributed by atoms with van der Waals surface area (Å²) < 4.78 is 19.6. The summed E-state index contributed by atoms with van der Waals surface area (Å²) in [5.41, 5.74) is 4.51. The van der Waals surface area contributed by atoms with E-state index in [9.17, 15) is 4.39 Å². The predicted octanol–water partition coefficient (Wildman–Crippen LogP) is 5.26. The Labute approximate surface area is 180 Å². The van der Waals surface area contributed by atoms with Crippen molar-refractivity contribution in [2.24, 2.45) is 0 Å². The van der Waals surface area contributed by atoms with Crippen LogP contribution in [-0.2, 0) is 0 Å². The number of benzene rings is 2. The molecule has 2 heterocycles. The van der Waals surface area contributed by atoms with Crippen molar-refractivity contribution in [2.75, 3.05) is 6.54 Å². The van der Waals surface area contributed by atoms with Crippen molar-refractivity contribution in [1.29, 1.82) is 0 Å².